The molecule has 0 amide bonds. The molecule has 20 heavy (non-hydrogen) atoms. The fraction of sp³-hybridized carbons (Fsp3) is 0.188. The van der Waals surface area contributed by atoms with E-state index in [1.807, 2.05) is 0 Å². The van der Waals surface area contributed by atoms with Crippen molar-refractivity contribution < 1.29 is 18.3 Å². The number of hydrogen-bond acceptors (Lipinski definition) is 2. The lowest BCUT2D eigenvalue weighted by molar-refractivity contribution is 0.0993. The number of hydrogen-bond donors (Lipinski definition) is 0. The number of carbonyl (C=O) groups excluding carboxylic acids is 1. The molecule has 0 saturated carbocycles. The second kappa shape index (κ2) is 5.04. The van der Waals surface area contributed by atoms with Gasteiger partial charge in [-0.2, -0.15) is 0 Å². The van der Waals surface area contributed by atoms with Crippen LogP contribution in [0.1, 0.15) is 21.5 Å². The number of ether oxygens (including phenoxy) is 1. The highest BCUT2D eigenvalue weighted by atomic mass is 19.1. The first-order valence-electron chi connectivity index (χ1n) is 6.36. The van der Waals surface area contributed by atoms with Crippen molar-refractivity contribution in [1.82, 2.24) is 0 Å². The maximum Gasteiger partial charge on any atom is 0.167 e. The van der Waals surface area contributed by atoms with Crippen LogP contribution in [0, 0.1) is 11.6 Å². The van der Waals surface area contributed by atoms with Crippen molar-refractivity contribution in [1.29, 1.82) is 0 Å². The van der Waals surface area contributed by atoms with Gasteiger partial charge in [-0.15, -0.1) is 0 Å². The molecule has 0 fully saturated rings. The van der Waals surface area contributed by atoms with Crippen molar-refractivity contribution in [2.75, 3.05) is 6.61 Å². The zero-order valence-corrected chi connectivity index (χ0v) is 10.7. The minimum atomic E-state index is -0.671. The zero-order chi connectivity index (χ0) is 14.1. The van der Waals surface area contributed by atoms with E-state index in [1.165, 1.54) is 12.1 Å². The van der Waals surface area contributed by atoms with E-state index in [-0.39, 0.29) is 12.2 Å². The fourth-order valence-electron chi connectivity index (χ4n) is 2.36. The molecule has 0 radical (unpaired) electrons. The van der Waals surface area contributed by atoms with Gasteiger partial charge in [0.2, 0.25) is 0 Å². The number of carbonyl (C=O) groups is 1. The average Bonchev–Trinajstić information content (AvgIpc) is 2.84. The normalized spacial score (nSPS) is 12.9. The van der Waals surface area contributed by atoms with Crippen molar-refractivity contribution in [3.63, 3.8) is 0 Å². The maximum atomic E-state index is 13.1. The molecule has 102 valence electrons. The molecule has 0 N–H and O–H groups in total. The highest BCUT2D eigenvalue weighted by Crippen LogP contribution is 2.26. The van der Waals surface area contributed by atoms with E-state index in [9.17, 15) is 13.6 Å². The summed E-state index contributed by atoms with van der Waals surface area (Å²) in [6.07, 6.45) is 0.763. The number of halogens is 2. The molecule has 2 nitrogen and oxygen atoms in total. The summed E-state index contributed by atoms with van der Waals surface area (Å²) in [5, 5.41) is 0. The third kappa shape index (κ3) is 2.54. The Kier molecular flexibility index (Phi) is 3.22. The standard InChI is InChI=1S/C16H12F2O2/c17-13-5-10(6-14(18)9-13)7-15(19)11-1-2-16-12(8-11)3-4-20-16/h1-2,5-6,8-9H,3-4,7H2. The van der Waals surface area contributed by atoms with Crippen LogP contribution in [0.5, 0.6) is 5.75 Å². The van der Waals surface area contributed by atoms with E-state index in [1.54, 1.807) is 18.2 Å². The summed E-state index contributed by atoms with van der Waals surface area (Å²) in [6.45, 7) is 0.627. The summed E-state index contributed by atoms with van der Waals surface area (Å²) >= 11 is 0. The van der Waals surface area contributed by atoms with Crippen LogP contribution in [0.3, 0.4) is 0 Å². The Morgan fingerprint density at radius 2 is 1.85 bits per heavy atom. The maximum absolute atomic E-state index is 13.1. The Hall–Kier alpha value is -2.23. The lowest BCUT2D eigenvalue weighted by Crippen LogP contribution is -2.04. The molecular weight excluding hydrogens is 262 g/mol. The van der Waals surface area contributed by atoms with Crippen molar-refractivity contribution in [3.05, 3.63) is 64.7 Å². The minimum Gasteiger partial charge on any atom is -0.493 e. The van der Waals surface area contributed by atoms with Crippen molar-refractivity contribution in [3.8, 4) is 5.75 Å². The van der Waals surface area contributed by atoms with Gasteiger partial charge < -0.3 is 4.74 Å². The first-order chi connectivity index (χ1) is 9.61. The average molecular weight is 274 g/mol. The van der Waals surface area contributed by atoms with E-state index in [0.29, 0.717) is 17.7 Å². The number of Topliss-reactive ketones (excluding diaryl/α,β-unsaturated/α-hetero) is 1. The van der Waals surface area contributed by atoms with Gasteiger partial charge in [-0.3, -0.25) is 4.79 Å². The van der Waals surface area contributed by atoms with Gasteiger partial charge >= 0.3 is 0 Å². The first-order valence-corrected chi connectivity index (χ1v) is 6.36. The second-order valence-electron chi connectivity index (χ2n) is 4.80. The van der Waals surface area contributed by atoms with E-state index in [4.69, 9.17) is 4.74 Å². The van der Waals surface area contributed by atoms with Gasteiger partial charge in [0.1, 0.15) is 17.4 Å². The number of ketones is 1. The molecule has 0 atom stereocenters. The summed E-state index contributed by atoms with van der Waals surface area (Å²) in [5.41, 5.74) is 1.88. The fourth-order valence-corrected chi connectivity index (χ4v) is 2.36. The van der Waals surface area contributed by atoms with Crippen molar-refractivity contribution >= 4 is 5.78 Å². The lowest BCUT2D eigenvalue weighted by atomic mass is 10.0. The van der Waals surface area contributed by atoms with Gasteiger partial charge in [0.05, 0.1) is 6.61 Å². The third-order valence-corrected chi connectivity index (χ3v) is 3.30. The van der Waals surface area contributed by atoms with Gasteiger partial charge in [0.15, 0.2) is 5.78 Å². The minimum absolute atomic E-state index is 0.0195. The monoisotopic (exact) mass is 274 g/mol. The van der Waals surface area contributed by atoms with Gasteiger partial charge in [-0.05, 0) is 41.5 Å². The van der Waals surface area contributed by atoms with E-state index in [2.05, 4.69) is 0 Å². The molecule has 2 aromatic rings. The lowest BCUT2D eigenvalue weighted by Gasteiger charge is -2.04. The van der Waals surface area contributed by atoms with Crippen LogP contribution in [0.25, 0.3) is 0 Å². The third-order valence-electron chi connectivity index (χ3n) is 3.30. The Bertz CT molecular complexity index is 660. The Morgan fingerprint density at radius 1 is 1.10 bits per heavy atom. The van der Waals surface area contributed by atoms with E-state index >= 15 is 0 Å². The van der Waals surface area contributed by atoms with Gasteiger partial charge in [0.25, 0.3) is 0 Å². The quantitative estimate of drug-likeness (QED) is 0.802. The summed E-state index contributed by atoms with van der Waals surface area (Å²) in [6, 6.07) is 8.39. The SMILES string of the molecule is O=C(Cc1cc(F)cc(F)c1)c1ccc2c(c1)CCO2. The number of benzene rings is 2. The highest BCUT2D eigenvalue weighted by molar-refractivity contribution is 5.97. The molecule has 1 aliphatic rings. The molecule has 0 bridgehead atoms. The van der Waals surface area contributed by atoms with Crippen LogP contribution in [-0.4, -0.2) is 12.4 Å². The summed E-state index contributed by atoms with van der Waals surface area (Å²) in [7, 11) is 0. The van der Waals surface area contributed by atoms with Crippen LogP contribution < -0.4 is 4.74 Å². The predicted molar refractivity (Wildman–Crippen MR) is 70.0 cm³/mol. The van der Waals surface area contributed by atoms with Crippen LogP contribution in [0.15, 0.2) is 36.4 Å². The predicted octanol–water partition coefficient (Wildman–Crippen LogP) is 3.33. The van der Waals surface area contributed by atoms with Gasteiger partial charge in [-0.25, -0.2) is 8.78 Å². The molecule has 1 aliphatic heterocycles. The first kappa shape index (κ1) is 12.8. The van der Waals surface area contributed by atoms with Crippen molar-refractivity contribution in [2.45, 2.75) is 12.8 Å². The van der Waals surface area contributed by atoms with E-state index in [0.717, 1.165) is 23.8 Å². The van der Waals surface area contributed by atoms with Crippen LogP contribution in [0.2, 0.25) is 0 Å². The van der Waals surface area contributed by atoms with Crippen LogP contribution >= 0.6 is 0 Å². The summed E-state index contributed by atoms with van der Waals surface area (Å²) in [5.74, 6) is -0.701. The van der Waals surface area contributed by atoms with Crippen molar-refractivity contribution in [2.24, 2.45) is 0 Å². The highest BCUT2D eigenvalue weighted by Gasteiger charge is 2.15. The Morgan fingerprint density at radius 3 is 2.60 bits per heavy atom. The van der Waals surface area contributed by atoms with E-state index < -0.39 is 11.6 Å². The van der Waals surface area contributed by atoms with Gasteiger partial charge in [0, 0.05) is 24.5 Å². The molecule has 2 aromatic carbocycles. The topological polar surface area (TPSA) is 26.3 Å². The van der Waals surface area contributed by atoms with Crippen LogP contribution in [-0.2, 0) is 12.8 Å². The Labute approximate surface area is 115 Å². The molecule has 0 aromatic heterocycles. The molecule has 4 heteroatoms. The molecule has 0 saturated heterocycles. The molecule has 0 spiro atoms. The summed E-state index contributed by atoms with van der Waals surface area (Å²) in [4.78, 5) is 12.2. The zero-order valence-electron chi connectivity index (χ0n) is 10.7. The number of rotatable bonds is 3. The Balaban J connectivity index is 1.82. The largest absolute Gasteiger partial charge is 0.493 e. The smallest absolute Gasteiger partial charge is 0.167 e. The van der Waals surface area contributed by atoms with Crippen LogP contribution in [0.4, 0.5) is 8.78 Å². The second-order valence-corrected chi connectivity index (χ2v) is 4.80. The molecule has 1 heterocycles. The molecular formula is C16H12F2O2. The van der Waals surface area contributed by atoms with Gasteiger partial charge in [-0.1, -0.05) is 0 Å². The molecule has 0 aliphatic carbocycles. The molecule has 0 unspecified atom stereocenters. The molecule has 3 rings (SSSR count). The summed E-state index contributed by atoms with van der Waals surface area (Å²) < 4.78 is 31.6. The number of fused-ring (bicyclic) bond motifs is 1.